The highest BCUT2D eigenvalue weighted by molar-refractivity contribution is 6.39. The molecule has 2 aromatic heterocycles. The van der Waals surface area contributed by atoms with Crippen molar-refractivity contribution in [3.63, 3.8) is 0 Å². The Morgan fingerprint density at radius 1 is 0.966 bits per heavy atom. The van der Waals surface area contributed by atoms with Gasteiger partial charge in [-0.15, -0.1) is 0 Å². The van der Waals surface area contributed by atoms with E-state index in [1.54, 1.807) is 42.5 Å². The van der Waals surface area contributed by atoms with Crippen LogP contribution in [0.4, 0.5) is 0 Å². The van der Waals surface area contributed by atoms with Gasteiger partial charge in [0.25, 0.3) is 11.5 Å². The molecule has 2 unspecified atom stereocenters. The quantitative estimate of drug-likeness (QED) is 0.595. The van der Waals surface area contributed by atoms with Gasteiger partial charge in [-0.3, -0.25) is 9.59 Å². The predicted octanol–water partition coefficient (Wildman–Crippen LogP) is 4.67. The molecule has 5 rings (SSSR count). The molecule has 1 saturated heterocycles. The monoisotopic (exact) mass is 428 g/mol. The second-order valence-electron chi connectivity index (χ2n) is 7.67. The fourth-order valence-corrected chi connectivity index (χ4v) is 5.12. The molecule has 0 N–H and O–H groups in total. The van der Waals surface area contributed by atoms with Crippen molar-refractivity contribution in [2.45, 2.75) is 18.9 Å². The van der Waals surface area contributed by atoms with Gasteiger partial charge in [0, 0.05) is 37.3 Å². The van der Waals surface area contributed by atoms with Crippen LogP contribution < -0.4 is 5.56 Å². The summed E-state index contributed by atoms with van der Waals surface area (Å²) in [4.78, 5) is 27.1. The van der Waals surface area contributed by atoms with Gasteiger partial charge in [-0.1, -0.05) is 35.3 Å². The van der Waals surface area contributed by atoms with Crippen molar-refractivity contribution < 1.29 is 9.21 Å². The zero-order chi connectivity index (χ0) is 20.1. The van der Waals surface area contributed by atoms with Gasteiger partial charge >= 0.3 is 0 Å². The van der Waals surface area contributed by atoms with Gasteiger partial charge in [-0.05, 0) is 42.7 Å². The van der Waals surface area contributed by atoms with E-state index >= 15 is 0 Å². The highest BCUT2D eigenvalue weighted by atomic mass is 35.5. The largest absolute Gasteiger partial charge is 0.451 e. The van der Waals surface area contributed by atoms with Gasteiger partial charge in [0.2, 0.25) is 0 Å². The first-order valence-corrected chi connectivity index (χ1v) is 10.3. The van der Waals surface area contributed by atoms with E-state index in [0.717, 1.165) is 12.1 Å². The summed E-state index contributed by atoms with van der Waals surface area (Å²) in [6.07, 6.45) is 0.992. The topological polar surface area (TPSA) is 55.5 Å². The second kappa shape index (κ2) is 7.08. The molecule has 2 bridgehead atoms. The lowest BCUT2D eigenvalue weighted by Gasteiger charge is -2.42. The van der Waals surface area contributed by atoms with E-state index in [1.807, 2.05) is 15.5 Å². The lowest BCUT2D eigenvalue weighted by Crippen LogP contribution is -2.49. The van der Waals surface area contributed by atoms with E-state index in [0.29, 0.717) is 41.0 Å². The maximum Gasteiger partial charge on any atom is 0.289 e. The lowest BCUT2D eigenvalue weighted by atomic mass is 9.83. The summed E-state index contributed by atoms with van der Waals surface area (Å²) < 4.78 is 7.69. The van der Waals surface area contributed by atoms with Crippen LogP contribution >= 0.6 is 23.2 Å². The molecular weight excluding hydrogens is 411 g/mol. The average molecular weight is 429 g/mol. The molecule has 2 aliphatic heterocycles. The van der Waals surface area contributed by atoms with E-state index in [-0.39, 0.29) is 29.1 Å². The molecule has 0 aliphatic carbocycles. The smallest absolute Gasteiger partial charge is 0.289 e. The third kappa shape index (κ3) is 3.18. The van der Waals surface area contributed by atoms with Crippen molar-refractivity contribution in [1.82, 2.24) is 9.47 Å². The maximum absolute atomic E-state index is 13.1. The molecule has 1 fully saturated rings. The van der Waals surface area contributed by atoms with Crippen LogP contribution in [0.25, 0.3) is 11.3 Å². The minimum absolute atomic E-state index is 0.0317. The molecule has 5 nitrogen and oxygen atoms in total. The molecule has 1 amide bonds. The number of likely N-dealkylation sites (tertiary alicyclic amines) is 1. The number of aromatic nitrogens is 1. The van der Waals surface area contributed by atoms with E-state index in [2.05, 4.69) is 0 Å². The van der Waals surface area contributed by atoms with Gasteiger partial charge in [0.1, 0.15) is 5.76 Å². The van der Waals surface area contributed by atoms with Gasteiger partial charge in [-0.2, -0.15) is 0 Å². The van der Waals surface area contributed by atoms with Crippen molar-refractivity contribution in [2.75, 3.05) is 13.1 Å². The molecule has 29 heavy (non-hydrogen) atoms. The van der Waals surface area contributed by atoms with Crippen molar-refractivity contribution >= 4 is 29.1 Å². The molecule has 0 saturated carbocycles. The van der Waals surface area contributed by atoms with Crippen molar-refractivity contribution in [1.29, 1.82) is 0 Å². The number of furan rings is 1. The molecule has 4 heterocycles. The van der Waals surface area contributed by atoms with Crippen LogP contribution in [0.15, 0.2) is 57.7 Å². The van der Waals surface area contributed by atoms with E-state index in [1.165, 1.54) is 0 Å². The summed E-state index contributed by atoms with van der Waals surface area (Å²) in [6, 6.07) is 14.0. The minimum Gasteiger partial charge on any atom is -0.451 e. The third-order valence-corrected chi connectivity index (χ3v) is 6.42. The maximum atomic E-state index is 13.1. The van der Waals surface area contributed by atoms with E-state index in [4.69, 9.17) is 27.6 Å². The number of carbonyl (C=O) groups is 1. The fraction of sp³-hybridized carbons (Fsp3) is 0.273. The number of fused-ring (bicyclic) bond motifs is 4. The number of halogens is 2. The normalized spacial score (nSPS) is 20.4. The fourth-order valence-electron chi connectivity index (χ4n) is 4.54. The number of hydrogen-bond acceptors (Lipinski definition) is 3. The van der Waals surface area contributed by atoms with Gasteiger partial charge in [0.15, 0.2) is 5.76 Å². The number of piperidine rings is 1. The first kappa shape index (κ1) is 18.5. The number of pyridine rings is 1. The van der Waals surface area contributed by atoms with Crippen LogP contribution in [0.2, 0.25) is 10.0 Å². The number of carbonyl (C=O) groups excluding carboxylic acids is 1. The van der Waals surface area contributed by atoms with Gasteiger partial charge in [0.05, 0.1) is 15.6 Å². The van der Waals surface area contributed by atoms with Crippen LogP contribution in [-0.2, 0) is 6.54 Å². The summed E-state index contributed by atoms with van der Waals surface area (Å²) in [7, 11) is 0. The SMILES string of the molecule is O=C(c1ccc(-c2c(Cl)cccc2Cl)o1)N1CC2CC(C1)c1cccc(=O)n1C2. The Morgan fingerprint density at radius 2 is 1.72 bits per heavy atom. The van der Waals surface area contributed by atoms with Crippen LogP contribution in [-0.4, -0.2) is 28.5 Å². The van der Waals surface area contributed by atoms with Gasteiger partial charge in [-0.25, -0.2) is 0 Å². The Bertz CT molecular complexity index is 1150. The highest BCUT2D eigenvalue weighted by Crippen LogP contribution is 2.38. The van der Waals surface area contributed by atoms with Crippen LogP contribution in [0.1, 0.15) is 28.6 Å². The Kier molecular flexibility index (Phi) is 4.52. The standard InChI is InChI=1S/C22H18Cl2N2O3/c23-15-3-1-4-16(24)21(15)18-7-8-19(29-18)22(28)25-10-13-9-14(12-25)17-5-2-6-20(27)26(17)11-13/h1-8,13-14H,9-12H2. The average Bonchev–Trinajstić information content (AvgIpc) is 3.18. The molecule has 0 spiro atoms. The van der Waals surface area contributed by atoms with Crippen LogP contribution in [0.3, 0.4) is 0 Å². The molecule has 3 aromatic rings. The summed E-state index contributed by atoms with van der Waals surface area (Å²) >= 11 is 12.5. The van der Waals surface area contributed by atoms with Crippen molar-refractivity contribution in [3.05, 3.63) is 80.4 Å². The molecular formula is C22H18Cl2N2O3. The Balaban J connectivity index is 1.42. The van der Waals surface area contributed by atoms with Crippen LogP contribution in [0.5, 0.6) is 0 Å². The third-order valence-electron chi connectivity index (χ3n) is 5.79. The summed E-state index contributed by atoms with van der Waals surface area (Å²) in [6.45, 7) is 1.83. The summed E-state index contributed by atoms with van der Waals surface area (Å²) in [5, 5.41) is 0.945. The Hall–Kier alpha value is -2.50. The second-order valence-corrected chi connectivity index (χ2v) is 8.48. The number of hydrogen-bond donors (Lipinski definition) is 0. The molecule has 1 aromatic carbocycles. The number of benzene rings is 1. The molecule has 2 atom stereocenters. The Morgan fingerprint density at radius 3 is 2.52 bits per heavy atom. The number of rotatable bonds is 2. The summed E-state index contributed by atoms with van der Waals surface area (Å²) in [5.41, 5.74) is 1.62. The first-order valence-electron chi connectivity index (χ1n) is 9.54. The highest BCUT2D eigenvalue weighted by Gasteiger charge is 2.37. The van der Waals surface area contributed by atoms with Gasteiger partial charge < -0.3 is 13.9 Å². The van der Waals surface area contributed by atoms with E-state index in [9.17, 15) is 9.59 Å². The number of nitrogens with zero attached hydrogens (tertiary/aromatic N) is 2. The zero-order valence-corrected chi connectivity index (χ0v) is 17.0. The zero-order valence-electron chi connectivity index (χ0n) is 15.5. The van der Waals surface area contributed by atoms with Crippen molar-refractivity contribution in [3.8, 4) is 11.3 Å². The Labute approximate surface area is 177 Å². The molecule has 0 radical (unpaired) electrons. The minimum atomic E-state index is -0.152. The first-order chi connectivity index (χ1) is 14.0. The van der Waals surface area contributed by atoms with Crippen molar-refractivity contribution in [2.24, 2.45) is 5.92 Å². The molecule has 2 aliphatic rings. The van der Waals surface area contributed by atoms with E-state index < -0.39 is 0 Å². The predicted molar refractivity (Wildman–Crippen MR) is 112 cm³/mol. The summed E-state index contributed by atoms with van der Waals surface area (Å²) in [5.74, 6) is 1.01. The lowest BCUT2D eigenvalue weighted by molar-refractivity contribution is 0.0564. The molecule has 7 heteroatoms. The number of amides is 1. The van der Waals surface area contributed by atoms with Crippen LogP contribution in [0, 0.1) is 5.92 Å². The molecule has 148 valence electrons.